The average Bonchev–Trinajstić information content (AvgIpc) is 2.69. The largest absolute Gasteiger partial charge is 0.369 e. The minimum atomic E-state index is -0.252. The number of anilines is 1. The van der Waals surface area contributed by atoms with Gasteiger partial charge in [0, 0.05) is 10.4 Å². The van der Waals surface area contributed by atoms with E-state index in [1.54, 1.807) is 12.1 Å². The summed E-state index contributed by atoms with van der Waals surface area (Å²) in [6.45, 7) is 1.93. The molecule has 7 heteroatoms. The van der Waals surface area contributed by atoms with E-state index in [4.69, 9.17) is 28.9 Å². The van der Waals surface area contributed by atoms with Crippen molar-refractivity contribution in [2.75, 3.05) is 5.73 Å². The van der Waals surface area contributed by atoms with Gasteiger partial charge >= 0.3 is 0 Å². The highest BCUT2D eigenvalue weighted by molar-refractivity contribution is 7.19. The highest BCUT2D eigenvalue weighted by Crippen LogP contribution is 2.37. The van der Waals surface area contributed by atoms with Crippen LogP contribution in [-0.4, -0.2) is 9.97 Å². The van der Waals surface area contributed by atoms with E-state index in [1.807, 2.05) is 13.0 Å². The fourth-order valence-electron chi connectivity index (χ4n) is 2.13. The van der Waals surface area contributed by atoms with E-state index < -0.39 is 0 Å². The average molecular weight is 326 g/mol. The molecule has 2 aromatic heterocycles. The molecule has 0 amide bonds. The van der Waals surface area contributed by atoms with Gasteiger partial charge in [-0.2, -0.15) is 0 Å². The summed E-state index contributed by atoms with van der Waals surface area (Å²) in [6, 6.07) is 5.29. The van der Waals surface area contributed by atoms with Gasteiger partial charge in [0.05, 0.1) is 15.4 Å². The van der Waals surface area contributed by atoms with Crippen LogP contribution in [0.4, 0.5) is 5.95 Å². The molecule has 0 atom stereocenters. The van der Waals surface area contributed by atoms with Crippen molar-refractivity contribution >= 4 is 50.7 Å². The molecule has 102 valence electrons. The van der Waals surface area contributed by atoms with Crippen molar-refractivity contribution in [1.29, 1.82) is 0 Å². The number of benzene rings is 1. The van der Waals surface area contributed by atoms with Gasteiger partial charge in [-0.3, -0.25) is 9.78 Å². The molecular weight excluding hydrogens is 317 g/mol. The Kier molecular flexibility index (Phi) is 3.20. The topological polar surface area (TPSA) is 71.8 Å². The van der Waals surface area contributed by atoms with Gasteiger partial charge in [0.2, 0.25) is 5.95 Å². The Bertz CT molecular complexity index is 885. The molecule has 4 nitrogen and oxygen atoms in total. The van der Waals surface area contributed by atoms with E-state index in [0.29, 0.717) is 20.3 Å². The first kappa shape index (κ1) is 13.4. The zero-order valence-electron chi connectivity index (χ0n) is 10.3. The van der Waals surface area contributed by atoms with Gasteiger partial charge in [-0.15, -0.1) is 11.3 Å². The fraction of sp³-hybridized carbons (Fsp3) is 0.0769. The zero-order chi connectivity index (χ0) is 14.4. The number of nitrogens with two attached hydrogens (primary N) is 1. The van der Waals surface area contributed by atoms with E-state index >= 15 is 0 Å². The van der Waals surface area contributed by atoms with E-state index in [2.05, 4.69) is 9.97 Å². The van der Waals surface area contributed by atoms with Gasteiger partial charge in [-0.05, 0) is 24.6 Å². The van der Waals surface area contributed by atoms with Crippen molar-refractivity contribution < 1.29 is 0 Å². The van der Waals surface area contributed by atoms with Crippen LogP contribution in [0.15, 0.2) is 23.0 Å². The van der Waals surface area contributed by atoms with E-state index in [1.165, 1.54) is 11.3 Å². The molecule has 0 aliphatic heterocycles. The van der Waals surface area contributed by atoms with E-state index in [9.17, 15) is 4.79 Å². The zero-order valence-corrected chi connectivity index (χ0v) is 12.7. The van der Waals surface area contributed by atoms with Crippen molar-refractivity contribution in [2.45, 2.75) is 6.92 Å². The second-order valence-electron chi connectivity index (χ2n) is 4.29. The molecule has 20 heavy (non-hydrogen) atoms. The molecule has 0 saturated heterocycles. The van der Waals surface area contributed by atoms with Crippen LogP contribution >= 0.6 is 34.5 Å². The predicted octanol–water partition coefficient (Wildman–Crippen LogP) is 3.85. The maximum Gasteiger partial charge on any atom is 0.261 e. The van der Waals surface area contributed by atoms with Crippen LogP contribution in [0.5, 0.6) is 0 Å². The molecule has 3 rings (SSSR count). The first-order valence-corrected chi connectivity index (χ1v) is 7.29. The van der Waals surface area contributed by atoms with Gasteiger partial charge in [0.15, 0.2) is 0 Å². The predicted molar refractivity (Wildman–Crippen MR) is 84.8 cm³/mol. The maximum absolute atomic E-state index is 12.1. The first-order chi connectivity index (χ1) is 9.47. The maximum atomic E-state index is 12.1. The second kappa shape index (κ2) is 4.77. The van der Waals surface area contributed by atoms with Gasteiger partial charge < -0.3 is 5.73 Å². The molecule has 0 aliphatic carbocycles. The number of nitrogens with one attached hydrogen (secondary N) is 1. The van der Waals surface area contributed by atoms with Crippen LogP contribution in [-0.2, 0) is 0 Å². The number of thiophene rings is 1. The molecule has 0 unspecified atom stereocenters. The van der Waals surface area contributed by atoms with Crippen molar-refractivity contribution in [2.24, 2.45) is 0 Å². The number of aromatic amines is 1. The molecule has 1 aromatic carbocycles. The van der Waals surface area contributed by atoms with Crippen LogP contribution in [0.25, 0.3) is 21.3 Å². The lowest BCUT2D eigenvalue weighted by Crippen LogP contribution is -2.10. The molecule has 0 radical (unpaired) electrons. The van der Waals surface area contributed by atoms with Gasteiger partial charge in [-0.1, -0.05) is 29.3 Å². The monoisotopic (exact) mass is 325 g/mol. The molecule has 0 aliphatic rings. The van der Waals surface area contributed by atoms with Crippen molar-refractivity contribution in [1.82, 2.24) is 9.97 Å². The summed E-state index contributed by atoms with van der Waals surface area (Å²) in [4.78, 5) is 20.4. The quantitative estimate of drug-likeness (QED) is 0.713. The van der Waals surface area contributed by atoms with Gasteiger partial charge in [0.25, 0.3) is 5.56 Å². The Morgan fingerprint density at radius 1 is 1.30 bits per heavy atom. The Morgan fingerprint density at radius 3 is 2.75 bits per heavy atom. The number of aromatic nitrogens is 2. The van der Waals surface area contributed by atoms with Crippen molar-refractivity contribution in [3.63, 3.8) is 0 Å². The molecule has 3 aromatic rings. The molecule has 0 fully saturated rings. The number of halogens is 2. The molecule has 3 N–H and O–H groups in total. The summed E-state index contributed by atoms with van der Waals surface area (Å²) in [6.07, 6.45) is 0. The highest BCUT2D eigenvalue weighted by Gasteiger charge is 2.16. The van der Waals surface area contributed by atoms with Crippen molar-refractivity contribution in [3.05, 3.63) is 43.5 Å². The lowest BCUT2D eigenvalue weighted by molar-refractivity contribution is 1.20. The van der Waals surface area contributed by atoms with Gasteiger partial charge in [0.1, 0.15) is 4.83 Å². The van der Waals surface area contributed by atoms with E-state index in [-0.39, 0.29) is 11.5 Å². The minimum absolute atomic E-state index is 0.115. The smallest absolute Gasteiger partial charge is 0.261 e. The minimum Gasteiger partial charge on any atom is -0.369 e. The Hall–Kier alpha value is -1.56. The lowest BCUT2D eigenvalue weighted by Gasteiger charge is -2.03. The number of aryl methyl sites for hydroxylation is 1. The summed E-state index contributed by atoms with van der Waals surface area (Å²) in [7, 11) is 0. The summed E-state index contributed by atoms with van der Waals surface area (Å²) in [5.41, 5.74) is 6.97. The summed E-state index contributed by atoms with van der Waals surface area (Å²) in [5.74, 6) is 0.115. The number of hydrogen-bond acceptors (Lipinski definition) is 4. The van der Waals surface area contributed by atoms with Crippen LogP contribution in [0.2, 0.25) is 10.0 Å². The third kappa shape index (κ3) is 2.08. The normalized spacial score (nSPS) is 11.2. The first-order valence-electron chi connectivity index (χ1n) is 5.71. The fourth-order valence-corrected chi connectivity index (χ4v) is 3.49. The lowest BCUT2D eigenvalue weighted by atomic mass is 10.0. The molecule has 0 spiro atoms. The number of rotatable bonds is 1. The third-order valence-electron chi connectivity index (χ3n) is 2.96. The van der Waals surface area contributed by atoms with Crippen LogP contribution < -0.4 is 11.3 Å². The number of nitrogen functional groups attached to an aromatic ring is 1. The number of fused-ring (bicyclic) bond motifs is 1. The number of H-pyrrole nitrogens is 1. The summed E-state index contributed by atoms with van der Waals surface area (Å²) < 4.78 is 0. The number of hydrogen-bond donors (Lipinski definition) is 2. The third-order valence-corrected chi connectivity index (χ3v) is 4.70. The highest BCUT2D eigenvalue weighted by atomic mass is 35.5. The summed E-state index contributed by atoms with van der Waals surface area (Å²) in [5, 5.41) is 1.45. The van der Waals surface area contributed by atoms with Crippen LogP contribution in [0, 0.1) is 6.92 Å². The Morgan fingerprint density at radius 2 is 2.05 bits per heavy atom. The van der Waals surface area contributed by atoms with Crippen molar-refractivity contribution in [3.8, 4) is 11.1 Å². The second-order valence-corrected chi connectivity index (χ2v) is 6.31. The molecular formula is C13H9Cl2N3OS. The number of nitrogens with zero attached hydrogens (tertiary/aromatic N) is 1. The van der Waals surface area contributed by atoms with Crippen LogP contribution in [0.1, 0.15) is 4.88 Å². The summed E-state index contributed by atoms with van der Waals surface area (Å²) >= 11 is 13.4. The SMILES string of the molecule is Cc1sc2nc(N)[nH]c(=O)c2c1-c1ccc(Cl)c(Cl)c1. The van der Waals surface area contributed by atoms with E-state index in [0.717, 1.165) is 16.0 Å². The molecule has 0 bridgehead atoms. The molecule has 0 saturated carbocycles. The van der Waals surface area contributed by atoms with Gasteiger partial charge in [-0.25, -0.2) is 4.98 Å². The Balaban J connectivity index is 2.38. The standard InChI is InChI=1S/C13H9Cl2N3OS/c1-5-9(6-2-3-7(14)8(15)4-6)10-11(19)17-13(16)18-12(10)20-5/h2-4H,1H3,(H3,16,17,18,19). The Labute approximate surface area is 128 Å². The van der Waals surface area contributed by atoms with Crippen LogP contribution in [0.3, 0.4) is 0 Å². The molecule has 2 heterocycles.